The van der Waals surface area contributed by atoms with Gasteiger partial charge in [-0.2, -0.15) is 4.98 Å². The van der Waals surface area contributed by atoms with Crippen molar-refractivity contribution in [2.24, 2.45) is 0 Å². The maximum absolute atomic E-state index is 12.8. The van der Waals surface area contributed by atoms with Crippen molar-refractivity contribution in [3.8, 4) is 28.7 Å². The van der Waals surface area contributed by atoms with Crippen molar-refractivity contribution < 1.29 is 14.1 Å². The van der Waals surface area contributed by atoms with E-state index in [0.29, 0.717) is 30.5 Å². The Balaban J connectivity index is 1.17. The van der Waals surface area contributed by atoms with E-state index in [-0.39, 0.29) is 12.5 Å². The summed E-state index contributed by atoms with van der Waals surface area (Å²) in [6, 6.07) is 11.6. The van der Waals surface area contributed by atoms with E-state index in [4.69, 9.17) is 9.26 Å². The zero-order valence-electron chi connectivity index (χ0n) is 18.2. The average molecular weight is 445 g/mol. The summed E-state index contributed by atoms with van der Waals surface area (Å²) >= 11 is 0. The molecular weight excluding hydrogens is 422 g/mol. The predicted molar refractivity (Wildman–Crippen MR) is 121 cm³/mol. The van der Waals surface area contributed by atoms with Crippen LogP contribution in [0.1, 0.15) is 0 Å². The molecule has 168 valence electrons. The Morgan fingerprint density at radius 3 is 2.67 bits per heavy atom. The SMILES string of the molecule is COc1ccc(N2CCN(C(=O)Cn3cnc(-c4noc(-c5cccnc5)n4)c3)CC2)cc1. The Labute approximate surface area is 190 Å². The van der Waals surface area contributed by atoms with Crippen LogP contribution in [0, 0.1) is 0 Å². The Morgan fingerprint density at radius 2 is 1.94 bits per heavy atom. The summed E-state index contributed by atoms with van der Waals surface area (Å²) in [7, 11) is 1.66. The second-order valence-corrected chi connectivity index (χ2v) is 7.66. The van der Waals surface area contributed by atoms with E-state index in [2.05, 4.69) is 25.0 Å². The number of pyridine rings is 1. The van der Waals surface area contributed by atoms with Gasteiger partial charge >= 0.3 is 0 Å². The number of hydrogen-bond donors (Lipinski definition) is 0. The molecule has 0 N–H and O–H groups in total. The van der Waals surface area contributed by atoms with Crippen LogP contribution in [-0.2, 0) is 11.3 Å². The van der Waals surface area contributed by atoms with E-state index < -0.39 is 0 Å². The fraction of sp³-hybridized carbons (Fsp3) is 0.261. The van der Waals surface area contributed by atoms with Gasteiger partial charge in [0.15, 0.2) is 0 Å². The topological polar surface area (TPSA) is 102 Å². The molecule has 10 heteroatoms. The first kappa shape index (κ1) is 20.7. The minimum absolute atomic E-state index is 0.0532. The van der Waals surface area contributed by atoms with Crippen LogP contribution in [0.25, 0.3) is 23.0 Å². The third-order valence-electron chi connectivity index (χ3n) is 5.58. The smallest absolute Gasteiger partial charge is 0.259 e. The first-order valence-corrected chi connectivity index (χ1v) is 10.6. The number of carbonyl (C=O) groups excluding carboxylic acids is 1. The number of anilines is 1. The van der Waals surface area contributed by atoms with Crippen LogP contribution in [0.2, 0.25) is 0 Å². The van der Waals surface area contributed by atoms with Crippen molar-refractivity contribution in [1.29, 1.82) is 0 Å². The molecule has 4 heterocycles. The Bertz CT molecular complexity index is 1210. The van der Waals surface area contributed by atoms with E-state index >= 15 is 0 Å². The van der Waals surface area contributed by atoms with E-state index in [1.54, 1.807) is 42.7 Å². The molecule has 0 atom stereocenters. The number of hydrogen-bond acceptors (Lipinski definition) is 8. The normalized spacial score (nSPS) is 13.8. The third-order valence-corrected chi connectivity index (χ3v) is 5.58. The number of imidazole rings is 1. The van der Waals surface area contributed by atoms with Crippen molar-refractivity contribution >= 4 is 11.6 Å². The molecule has 33 heavy (non-hydrogen) atoms. The second kappa shape index (κ2) is 9.11. The number of piperazine rings is 1. The van der Waals surface area contributed by atoms with Crippen LogP contribution < -0.4 is 9.64 Å². The predicted octanol–water partition coefficient (Wildman–Crippen LogP) is 2.35. The lowest BCUT2D eigenvalue weighted by molar-refractivity contribution is -0.132. The third kappa shape index (κ3) is 4.54. The highest BCUT2D eigenvalue weighted by Crippen LogP contribution is 2.22. The molecule has 0 bridgehead atoms. The molecule has 0 spiro atoms. The van der Waals surface area contributed by atoms with E-state index in [1.807, 2.05) is 35.2 Å². The fourth-order valence-corrected chi connectivity index (χ4v) is 3.76. The number of ether oxygens (including phenoxy) is 1. The summed E-state index contributed by atoms with van der Waals surface area (Å²) in [6.07, 6.45) is 6.70. The molecule has 1 saturated heterocycles. The molecule has 0 saturated carbocycles. The molecule has 0 aliphatic carbocycles. The number of rotatable bonds is 6. The van der Waals surface area contributed by atoms with Gasteiger partial charge in [-0.05, 0) is 36.4 Å². The Kier molecular flexibility index (Phi) is 5.71. The van der Waals surface area contributed by atoms with Gasteiger partial charge in [-0.25, -0.2) is 4.98 Å². The summed E-state index contributed by atoms with van der Waals surface area (Å²) in [5, 5.41) is 3.99. The van der Waals surface area contributed by atoms with Gasteiger partial charge in [0.1, 0.15) is 18.0 Å². The molecule has 0 radical (unpaired) electrons. The monoisotopic (exact) mass is 445 g/mol. The molecule has 10 nitrogen and oxygen atoms in total. The Morgan fingerprint density at radius 1 is 1.12 bits per heavy atom. The summed E-state index contributed by atoms with van der Waals surface area (Å²) in [5.41, 5.74) is 2.42. The first-order valence-electron chi connectivity index (χ1n) is 10.6. The van der Waals surface area contributed by atoms with Gasteiger partial charge in [0.05, 0.1) is 19.0 Å². The number of benzene rings is 1. The molecule has 1 aliphatic rings. The van der Waals surface area contributed by atoms with E-state index in [9.17, 15) is 4.79 Å². The number of carbonyl (C=O) groups is 1. The summed E-state index contributed by atoms with van der Waals surface area (Å²) < 4.78 is 12.3. The highest BCUT2D eigenvalue weighted by atomic mass is 16.5. The molecule has 1 aliphatic heterocycles. The van der Waals surface area contributed by atoms with Crippen molar-refractivity contribution in [2.45, 2.75) is 6.54 Å². The largest absolute Gasteiger partial charge is 0.497 e. The molecule has 0 unspecified atom stereocenters. The van der Waals surface area contributed by atoms with Crippen molar-refractivity contribution in [1.82, 2.24) is 29.6 Å². The number of aromatic nitrogens is 5. The zero-order valence-corrected chi connectivity index (χ0v) is 18.2. The maximum atomic E-state index is 12.8. The molecule has 4 aromatic rings. The number of nitrogens with zero attached hydrogens (tertiary/aromatic N) is 7. The van der Waals surface area contributed by atoms with Gasteiger partial charge in [-0.3, -0.25) is 9.78 Å². The zero-order chi connectivity index (χ0) is 22.6. The van der Waals surface area contributed by atoms with Gasteiger partial charge in [0.2, 0.25) is 11.7 Å². The van der Waals surface area contributed by atoms with Crippen LogP contribution in [0.4, 0.5) is 5.69 Å². The molecule has 1 aromatic carbocycles. The molecule has 5 rings (SSSR count). The maximum Gasteiger partial charge on any atom is 0.259 e. The van der Waals surface area contributed by atoms with Gasteiger partial charge in [0.25, 0.3) is 5.89 Å². The molecule has 1 fully saturated rings. The van der Waals surface area contributed by atoms with Crippen LogP contribution >= 0.6 is 0 Å². The number of amides is 1. The quantitative estimate of drug-likeness (QED) is 0.446. The lowest BCUT2D eigenvalue weighted by Gasteiger charge is -2.36. The average Bonchev–Trinajstić information content (AvgIpc) is 3.55. The van der Waals surface area contributed by atoms with Crippen molar-refractivity contribution in [3.63, 3.8) is 0 Å². The van der Waals surface area contributed by atoms with Gasteiger partial charge in [-0.15, -0.1) is 0 Å². The van der Waals surface area contributed by atoms with Crippen LogP contribution in [0.5, 0.6) is 5.75 Å². The molecule has 1 amide bonds. The standard InChI is InChI=1S/C23H23N7O3/c1-32-19-6-4-18(5-7-19)29-9-11-30(12-10-29)21(31)15-28-14-20(25-16-28)22-26-23(33-27-22)17-3-2-8-24-13-17/h2-8,13-14,16H,9-12,15H2,1H3. The van der Waals surface area contributed by atoms with Gasteiger partial charge in [0, 0.05) is 50.5 Å². The summed E-state index contributed by atoms with van der Waals surface area (Å²) in [4.78, 5) is 29.7. The minimum atomic E-state index is 0.0532. The fourth-order valence-electron chi connectivity index (χ4n) is 3.76. The van der Waals surface area contributed by atoms with Gasteiger partial charge in [-0.1, -0.05) is 5.16 Å². The van der Waals surface area contributed by atoms with Crippen molar-refractivity contribution in [2.75, 3.05) is 38.2 Å². The van der Waals surface area contributed by atoms with Gasteiger partial charge < -0.3 is 23.6 Å². The van der Waals surface area contributed by atoms with Crippen molar-refractivity contribution in [3.05, 3.63) is 61.3 Å². The Hall–Kier alpha value is -4.21. The minimum Gasteiger partial charge on any atom is -0.497 e. The molecule has 3 aromatic heterocycles. The van der Waals surface area contributed by atoms with Crippen LogP contribution in [-0.4, -0.2) is 68.8 Å². The van der Waals surface area contributed by atoms with Crippen LogP contribution in [0.3, 0.4) is 0 Å². The second-order valence-electron chi connectivity index (χ2n) is 7.66. The van der Waals surface area contributed by atoms with Crippen LogP contribution in [0.15, 0.2) is 65.8 Å². The highest BCUT2D eigenvalue weighted by Gasteiger charge is 2.22. The summed E-state index contributed by atoms with van der Waals surface area (Å²) in [5.74, 6) is 1.63. The van der Waals surface area contributed by atoms with E-state index in [0.717, 1.165) is 30.1 Å². The lowest BCUT2D eigenvalue weighted by atomic mass is 10.2. The number of methoxy groups -OCH3 is 1. The highest BCUT2D eigenvalue weighted by molar-refractivity contribution is 5.76. The summed E-state index contributed by atoms with van der Waals surface area (Å²) in [6.45, 7) is 3.13. The molecular formula is C23H23N7O3. The van der Waals surface area contributed by atoms with E-state index in [1.165, 1.54) is 0 Å². The first-order chi connectivity index (χ1) is 16.2. The lowest BCUT2D eigenvalue weighted by Crippen LogP contribution is -2.49.